The van der Waals surface area contributed by atoms with Crippen molar-refractivity contribution in [3.05, 3.63) is 35.4 Å². The molecule has 1 unspecified atom stereocenters. The van der Waals surface area contributed by atoms with Crippen LogP contribution in [-0.4, -0.2) is 47.4 Å². The summed E-state index contributed by atoms with van der Waals surface area (Å²) in [5.74, 6) is 0.319. The highest BCUT2D eigenvalue weighted by atomic mass is 16.2. The Kier molecular flexibility index (Phi) is 4.63. The number of hydrogen-bond donors (Lipinski definition) is 1. The number of urea groups is 1. The van der Waals surface area contributed by atoms with Gasteiger partial charge in [-0.05, 0) is 50.2 Å². The van der Waals surface area contributed by atoms with Gasteiger partial charge in [-0.15, -0.1) is 0 Å². The topological polar surface area (TPSA) is 52.7 Å². The molecule has 1 aliphatic carbocycles. The zero-order chi connectivity index (χ0) is 18.1. The van der Waals surface area contributed by atoms with Crippen molar-refractivity contribution in [2.75, 3.05) is 19.6 Å². The van der Waals surface area contributed by atoms with Crippen LogP contribution < -0.4 is 5.32 Å². The largest absolute Gasteiger partial charge is 0.339 e. The van der Waals surface area contributed by atoms with Crippen molar-refractivity contribution in [2.45, 2.75) is 58.0 Å². The van der Waals surface area contributed by atoms with Gasteiger partial charge < -0.3 is 15.1 Å². The molecule has 3 fully saturated rings. The van der Waals surface area contributed by atoms with E-state index in [2.05, 4.69) is 29.3 Å². The van der Waals surface area contributed by atoms with E-state index in [-0.39, 0.29) is 11.4 Å². The molecule has 0 bridgehead atoms. The first-order valence-electron chi connectivity index (χ1n) is 9.93. The van der Waals surface area contributed by atoms with E-state index in [0.717, 1.165) is 57.3 Å². The maximum atomic E-state index is 12.7. The van der Waals surface area contributed by atoms with Crippen molar-refractivity contribution in [3.8, 4) is 0 Å². The first-order chi connectivity index (χ1) is 12.6. The first kappa shape index (κ1) is 17.4. The van der Waals surface area contributed by atoms with Crippen LogP contribution in [0.1, 0.15) is 49.7 Å². The first-order valence-corrected chi connectivity index (χ1v) is 9.93. The standard InChI is InChI=1S/C21H29N3O2/c1-16-5-2-3-6-17(16)13-22-20(26)23-12-4-10-21(14-23)11-9-19(25)24(15-21)18-7-8-18/h2-3,5-6,18H,4,7-15H2,1H3,(H,22,26). The van der Waals surface area contributed by atoms with E-state index >= 15 is 0 Å². The molecule has 1 aromatic carbocycles. The summed E-state index contributed by atoms with van der Waals surface area (Å²) < 4.78 is 0. The van der Waals surface area contributed by atoms with Gasteiger partial charge in [0, 0.05) is 44.1 Å². The second kappa shape index (κ2) is 6.93. The third-order valence-electron chi connectivity index (χ3n) is 6.32. The van der Waals surface area contributed by atoms with Gasteiger partial charge in [-0.3, -0.25) is 4.79 Å². The highest BCUT2D eigenvalue weighted by Crippen LogP contribution is 2.42. The normalized spacial score (nSPS) is 26.3. The molecule has 2 saturated heterocycles. The SMILES string of the molecule is Cc1ccccc1CNC(=O)N1CCCC2(CCC(=O)N(C3CC3)C2)C1. The fourth-order valence-electron chi connectivity index (χ4n) is 4.57. The Balaban J connectivity index is 1.37. The summed E-state index contributed by atoms with van der Waals surface area (Å²) in [6.07, 6.45) is 6.05. The third-order valence-corrected chi connectivity index (χ3v) is 6.32. The molecule has 1 atom stereocenters. The molecule has 5 nitrogen and oxygen atoms in total. The molecule has 26 heavy (non-hydrogen) atoms. The maximum Gasteiger partial charge on any atom is 0.317 e. The number of likely N-dealkylation sites (tertiary alicyclic amines) is 2. The molecule has 0 aromatic heterocycles. The van der Waals surface area contributed by atoms with Crippen LogP contribution in [-0.2, 0) is 11.3 Å². The average molecular weight is 355 g/mol. The number of carbonyl (C=O) groups is 2. The summed E-state index contributed by atoms with van der Waals surface area (Å²) in [7, 11) is 0. The lowest BCUT2D eigenvalue weighted by Gasteiger charge is -2.48. The molecule has 1 saturated carbocycles. The highest BCUT2D eigenvalue weighted by molar-refractivity contribution is 5.78. The van der Waals surface area contributed by atoms with Gasteiger partial charge in [0.15, 0.2) is 0 Å². The second-order valence-electron chi connectivity index (χ2n) is 8.36. The minimum absolute atomic E-state index is 0.0298. The summed E-state index contributed by atoms with van der Waals surface area (Å²) in [6.45, 7) is 5.09. The van der Waals surface area contributed by atoms with Gasteiger partial charge in [0.05, 0.1) is 0 Å². The number of amides is 3. The Bertz CT molecular complexity index is 700. The molecule has 3 amide bonds. The van der Waals surface area contributed by atoms with E-state index in [1.54, 1.807) is 0 Å². The van der Waals surface area contributed by atoms with Crippen molar-refractivity contribution >= 4 is 11.9 Å². The Hall–Kier alpha value is -2.04. The number of hydrogen-bond acceptors (Lipinski definition) is 2. The predicted molar refractivity (Wildman–Crippen MR) is 101 cm³/mol. The number of nitrogens with zero attached hydrogens (tertiary/aromatic N) is 2. The van der Waals surface area contributed by atoms with Crippen LogP contribution in [0.15, 0.2) is 24.3 Å². The lowest BCUT2D eigenvalue weighted by Crippen LogP contribution is -2.56. The smallest absolute Gasteiger partial charge is 0.317 e. The van der Waals surface area contributed by atoms with E-state index in [1.807, 2.05) is 17.0 Å². The Morgan fingerprint density at radius 2 is 2.04 bits per heavy atom. The van der Waals surface area contributed by atoms with E-state index in [1.165, 1.54) is 5.56 Å². The molecular weight excluding hydrogens is 326 g/mol. The Morgan fingerprint density at radius 1 is 1.23 bits per heavy atom. The van der Waals surface area contributed by atoms with Crippen molar-refractivity contribution in [1.82, 2.24) is 15.1 Å². The molecule has 1 N–H and O–H groups in total. The van der Waals surface area contributed by atoms with Gasteiger partial charge in [-0.2, -0.15) is 0 Å². The Morgan fingerprint density at radius 3 is 2.81 bits per heavy atom. The van der Waals surface area contributed by atoms with Crippen molar-refractivity contribution in [2.24, 2.45) is 5.41 Å². The molecule has 2 aliphatic heterocycles. The summed E-state index contributed by atoms with van der Waals surface area (Å²) in [4.78, 5) is 29.1. The van der Waals surface area contributed by atoms with Crippen molar-refractivity contribution in [1.29, 1.82) is 0 Å². The molecule has 1 spiro atoms. The van der Waals surface area contributed by atoms with Crippen LogP contribution in [0.25, 0.3) is 0 Å². The molecule has 4 rings (SSSR count). The maximum absolute atomic E-state index is 12.7. The summed E-state index contributed by atoms with van der Waals surface area (Å²) in [5.41, 5.74) is 2.47. The zero-order valence-corrected chi connectivity index (χ0v) is 15.7. The van der Waals surface area contributed by atoms with Crippen LogP contribution >= 0.6 is 0 Å². The zero-order valence-electron chi connectivity index (χ0n) is 15.7. The molecule has 2 heterocycles. The molecule has 0 radical (unpaired) electrons. The van der Waals surface area contributed by atoms with Crippen molar-refractivity contribution in [3.63, 3.8) is 0 Å². The van der Waals surface area contributed by atoms with Gasteiger partial charge in [0.25, 0.3) is 0 Å². The van der Waals surface area contributed by atoms with Crippen LogP contribution in [0, 0.1) is 12.3 Å². The van der Waals surface area contributed by atoms with Gasteiger partial charge >= 0.3 is 6.03 Å². The molecular formula is C21H29N3O2. The minimum atomic E-state index is 0.0298. The summed E-state index contributed by atoms with van der Waals surface area (Å²) >= 11 is 0. The van der Waals surface area contributed by atoms with E-state index in [9.17, 15) is 9.59 Å². The summed E-state index contributed by atoms with van der Waals surface area (Å²) in [5, 5.41) is 3.09. The van der Waals surface area contributed by atoms with Crippen LogP contribution in [0.4, 0.5) is 4.79 Å². The number of nitrogens with one attached hydrogen (secondary N) is 1. The number of benzene rings is 1. The molecule has 5 heteroatoms. The lowest BCUT2D eigenvalue weighted by atomic mass is 9.73. The lowest BCUT2D eigenvalue weighted by molar-refractivity contribution is -0.139. The fraction of sp³-hybridized carbons (Fsp3) is 0.619. The van der Waals surface area contributed by atoms with Gasteiger partial charge in [-0.1, -0.05) is 24.3 Å². The highest BCUT2D eigenvalue weighted by Gasteiger charge is 2.46. The van der Waals surface area contributed by atoms with E-state index in [4.69, 9.17) is 0 Å². The minimum Gasteiger partial charge on any atom is -0.339 e. The average Bonchev–Trinajstić information content (AvgIpc) is 3.48. The van der Waals surface area contributed by atoms with E-state index < -0.39 is 0 Å². The molecule has 140 valence electrons. The van der Waals surface area contributed by atoms with Gasteiger partial charge in [0.2, 0.25) is 5.91 Å². The number of carbonyl (C=O) groups excluding carboxylic acids is 2. The van der Waals surface area contributed by atoms with Gasteiger partial charge in [-0.25, -0.2) is 4.79 Å². The van der Waals surface area contributed by atoms with Crippen LogP contribution in [0.3, 0.4) is 0 Å². The monoisotopic (exact) mass is 355 g/mol. The number of aryl methyl sites for hydroxylation is 1. The quantitative estimate of drug-likeness (QED) is 0.906. The van der Waals surface area contributed by atoms with Crippen LogP contribution in [0.5, 0.6) is 0 Å². The second-order valence-corrected chi connectivity index (χ2v) is 8.36. The third kappa shape index (κ3) is 3.57. The predicted octanol–water partition coefficient (Wildman–Crippen LogP) is 3.07. The van der Waals surface area contributed by atoms with Crippen LogP contribution in [0.2, 0.25) is 0 Å². The Labute approximate surface area is 155 Å². The van der Waals surface area contributed by atoms with Gasteiger partial charge in [0.1, 0.15) is 0 Å². The number of rotatable bonds is 3. The summed E-state index contributed by atoms with van der Waals surface area (Å²) in [6, 6.07) is 8.67. The molecule has 3 aliphatic rings. The van der Waals surface area contributed by atoms with E-state index in [0.29, 0.717) is 24.9 Å². The number of piperidine rings is 2. The fourth-order valence-corrected chi connectivity index (χ4v) is 4.57. The van der Waals surface area contributed by atoms with Crippen molar-refractivity contribution < 1.29 is 9.59 Å². The molecule has 1 aromatic rings.